The number of aldehydes is 1. The number of hydrogen-bond donors (Lipinski definition) is 0. The summed E-state index contributed by atoms with van der Waals surface area (Å²) in [6, 6.07) is 0. The number of carbonyl (C=O) groups is 3. The highest BCUT2D eigenvalue weighted by atomic mass is 16.5. The van der Waals surface area contributed by atoms with Crippen molar-refractivity contribution < 1.29 is 23.9 Å². The predicted molar refractivity (Wildman–Crippen MR) is 105 cm³/mol. The van der Waals surface area contributed by atoms with E-state index in [9.17, 15) is 14.4 Å². The zero-order chi connectivity index (χ0) is 20.7. The van der Waals surface area contributed by atoms with Crippen LogP contribution in [0.1, 0.15) is 59.3 Å². The molecular formula is C23H34O5. The van der Waals surface area contributed by atoms with E-state index < -0.39 is 17.4 Å². The van der Waals surface area contributed by atoms with Gasteiger partial charge in [-0.05, 0) is 66.6 Å². The van der Waals surface area contributed by atoms with Gasteiger partial charge in [-0.1, -0.05) is 32.9 Å². The molecule has 156 valence electrons. The van der Waals surface area contributed by atoms with Gasteiger partial charge in [0.1, 0.15) is 6.29 Å². The van der Waals surface area contributed by atoms with Gasteiger partial charge in [-0.25, -0.2) is 0 Å². The van der Waals surface area contributed by atoms with Crippen molar-refractivity contribution in [3.8, 4) is 0 Å². The van der Waals surface area contributed by atoms with Crippen LogP contribution in [0.25, 0.3) is 0 Å². The summed E-state index contributed by atoms with van der Waals surface area (Å²) in [4.78, 5) is 36.8. The Morgan fingerprint density at radius 3 is 2.36 bits per heavy atom. The topological polar surface area (TPSA) is 69.7 Å². The summed E-state index contributed by atoms with van der Waals surface area (Å²) in [6.07, 6.45) is 10.1. The lowest BCUT2D eigenvalue weighted by Gasteiger charge is -2.58. The molecule has 0 heterocycles. The molecule has 0 aromatic rings. The van der Waals surface area contributed by atoms with Crippen molar-refractivity contribution in [2.75, 3.05) is 14.2 Å². The maximum absolute atomic E-state index is 12.8. The van der Waals surface area contributed by atoms with E-state index in [0.29, 0.717) is 37.0 Å². The molecule has 3 aliphatic carbocycles. The van der Waals surface area contributed by atoms with E-state index in [0.717, 1.165) is 25.5 Å². The average Bonchev–Trinajstić information content (AvgIpc) is 3.02. The van der Waals surface area contributed by atoms with Crippen molar-refractivity contribution in [1.29, 1.82) is 0 Å². The Morgan fingerprint density at radius 1 is 1.14 bits per heavy atom. The van der Waals surface area contributed by atoms with Gasteiger partial charge in [-0.3, -0.25) is 9.59 Å². The fourth-order valence-electron chi connectivity index (χ4n) is 7.16. The quantitative estimate of drug-likeness (QED) is 0.308. The Hall–Kier alpha value is -1.65. The molecule has 0 N–H and O–H groups in total. The highest BCUT2D eigenvalue weighted by Crippen LogP contribution is 2.69. The van der Waals surface area contributed by atoms with Crippen LogP contribution in [0.5, 0.6) is 0 Å². The Kier molecular flexibility index (Phi) is 5.50. The van der Waals surface area contributed by atoms with Crippen molar-refractivity contribution in [3.63, 3.8) is 0 Å². The monoisotopic (exact) mass is 390 g/mol. The summed E-state index contributed by atoms with van der Waals surface area (Å²) >= 11 is 0. The van der Waals surface area contributed by atoms with Crippen LogP contribution >= 0.6 is 0 Å². The lowest BCUT2D eigenvalue weighted by Crippen LogP contribution is -2.52. The van der Waals surface area contributed by atoms with Crippen molar-refractivity contribution in [2.24, 2.45) is 39.9 Å². The number of rotatable bonds is 5. The predicted octanol–water partition coefficient (Wildman–Crippen LogP) is 3.95. The molecule has 28 heavy (non-hydrogen) atoms. The third-order valence-corrected chi connectivity index (χ3v) is 8.46. The Morgan fingerprint density at radius 2 is 1.79 bits per heavy atom. The van der Waals surface area contributed by atoms with E-state index in [-0.39, 0.29) is 16.7 Å². The second kappa shape index (κ2) is 7.31. The second-order valence-corrected chi connectivity index (χ2v) is 9.74. The Bertz CT molecular complexity index is 666. The van der Waals surface area contributed by atoms with Gasteiger partial charge in [0.2, 0.25) is 0 Å². The maximum atomic E-state index is 12.8. The van der Waals surface area contributed by atoms with Gasteiger partial charge in [0, 0.05) is 6.42 Å². The van der Waals surface area contributed by atoms with Gasteiger partial charge in [0.05, 0.1) is 14.2 Å². The second-order valence-electron chi connectivity index (χ2n) is 9.74. The minimum absolute atomic E-state index is 0.0615. The minimum atomic E-state index is -1.25. The first-order valence-electron chi connectivity index (χ1n) is 10.5. The van der Waals surface area contributed by atoms with E-state index in [1.54, 1.807) is 0 Å². The average molecular weight is 391 g/mol. The summed E-state index contributed by atoms with van der Waals surface area (Å²) in [7, 11) is 2.68. The summed E-state index contributed by atoms with van der Waals surface area (Å²) in [5.41, 5.74) is -1.58. The molecule has 0 bridgehead atoms. The first-order valence-corrected chi connectivity index (χ1v) is 10.5. The number of allylic oxidation sites excluding steroid dienone is 2. The van der Waals surface area contributed by atoms with Crippen LogP contribution in [0.3, 0.4) is 0 Å². The van der Waals surface area contributed by atoms with Crippen LogP contribution in [0.2, 0.25) is 0 Å². The number of methoxy groups -OCH3 is 2. The van der Waals surface area contributed by atoms with Crippen molar-refractivity contribution in [2.45, 2.75) is 59.3 Å². The maximum Gasteiger partial charge on any atom is 0.323 e. The summed E-state index contributed by atoms with van der Waals surface area (Å²) < 4.78 is 10.2. The van der Waals surface area contributed by atoms with Crippen LogP contribution in [-0.2, 0) is 23.9 Å². The SMILES string of the molecule is COC(=O)C1(C(=O)OC)C[C@H]2[C@@]3(C)[C@H](CCC=O)[C@@H](C)CC[C@@H]3C=C[C@@]2(C)C1. The number of carbonyl (C=O) groups excluding carboxylic acids is 3. The highest BCUT2D eigenvalue weighted by molar-refractivity contribution is 6.00. The van der Waals surface area contributed by atoms with Gasteiger partial charge in [0.25, 0.3) is 0 Å². The van der Waals surface area contributed by atoms with E-state index in [1.165, 1.54) is 14.2 Å². The first-order chi connectivity index (χ1) is 13.2. The van der Waals surface area contributed by atoms with Crippen molar-refractivity contribution in [1.82, 2.24) is 0 Å². The zero-order valence-electron chi connectivity index (χ0n) is 17.8. The Balaban J connectivity index is 2.08. The third kappa shape index (κ3) is 2.84. The smallest absolute Gasteiger partial charge is 0.323 e. The standard InChI is InChI=1S/C23H34O5/c1-15-8-9-16-10-11-21(2)14-23(19(25)27-4,20(26)28-5)13-18(21)22(16,3)17(15)7-6-12-24/h10-12,15-18H,6-9,13-14H2,1-5H3/t15-,16+,17+,18+,21-,22+/m0/s1. The van der Waals surface area contributed by atoms with E-state index in [4.69, 9.17) is 9.47 Å². The highest BCUT2D eigenvalue weighted by Gasteiger charge is 2.68. The minimum Gasteiger partial charge on any atom is -0.468 e. The van der Waals surface area contributed by atoms with Crippen LogP contribution in [-0.4, -0.2) is 32.4 Å². The number of ether oxygens (including phenoxy) is 2. The molecule has 0 aliphatic heterocycles. The first kappa shape index (κ1) is 21.1. The molecule has 3 aliphatic rings. The third-order valence-electron chi connectivity index (χ3n) is 8.46. The van der Waals surface area contributed by atoms with E-state index in [2.05, 4.69) is 32.9 Å². The summed E-state index contributed by atoms with van der Waals surface area (Å²) in [5.74, 6) is 0.491. The molecule has 0 aromatic carbocycles. The molecule has 0 spiro atoms. The van der Waals surface area contributed by atoms with Gasteiger partial charge in [0.15, 0.2) is 5.41 Å². The summed E-state index contributed by atoms with van der Waals surface area (Å²) in [6.45, 7) is 6.79. The van der Waals surface area contributed by atoms with Crippen LogP contribution in [0.4, 0.5) is 0 Å². The Labute approximate surface area is 168 Å². The molecule has 2 fully saturated rings. The van der Waals surface area contributed by atoms with Gasteiger partial charge >= 0.3 is 11.9 Å². The van der Waals surface area contributed by atoms with Crippen LogP contribution in [0, 0.1) is 39.9 Å². The molecule has 0 aromatic heterocycles. The number of hydrogen-bond acceptors (Lipinski definition) is 5. The molecule has 3 rings (SSSR count). The molecular weight excluding hydrogens is 356 g/mol. The molecule has 0 radical (unpaired) electrons. The van der Waals surface area contributed by atoms with Gasteiger partial charge < -0.3 is 14.3 Å². The number of esters is 2. The van der Waals surface area contributed by atoms with Gasteiger partial charge in [-0.15, -0.1) is 0 Å². The molecule has 0 unspecified atom stereocenters. The fourth-order valence-corrected chi connectivity index (χ4v) is 7.16. The van der Waals surface area contributed by atoms with E-state index >= 15 is 0 Å². The molecule has 0 amide bonds. The van der Waals surface area contributed by atoms with Crippen molar-refractivity contribution in [3.05, 3.63) is 12.2 Å². The van der Waals surface area contributed by atoms with Gasteiger partial charge in [-0.2, -0.15) is 0 Å². The van der Waals surface area contributed by atoms with E-state index in [1.807, 2.05) is 0 Å². The lowest BCUT2D eigenvalue weighted by molar-refractivity contribution is -0.169. The zero-order valence-corrected chi connectivity index (χ0v) is 17.8. The van der Waals surface area contributed by atoms with Crippen molar-refractivity contribution >= 4 is 18.2 Å². The molecule has 5 heteroatoms. The molecule has 5 nitrogen and oxygen atoms in total. The lowest BCUT2D eigenvalue weighted by atomic mass is 9.46. The fraction of sp³-hybridized carbons (Fsp3) is 0.783. The normalized spacial score (nSPS) is 40.9. The molecule has 2 saturated carbocycles. The molecule has 0 saturated heterocycles. The van der Waals surface area contributed by atoms with Crippen LogP contribution in [0.15, 0.2) is 12.2 Å². The molecule has 6 atom stereocenters. The summed E-state index contributed by atoms with van der Waals surface area (Å²) in [5, 5.41) is 0. The number of fused-ring (bicyclic) bond motifs is 3. The largest absolute Gasteiger partial charge is 0.468 e. The van der Waals surface area contributed by atoms with Crippen LogP contribution < -0.4 is 0 Å².